The van der Waals surface area contributed by atoms with Crippen molar-refractivity contribution < 1.29 is 4.74 Å². The van der Waals surface area contributed by atoms with Gasteiger partial charge < -0.3 is 10.1 Å². The highest BCUT2D eigenvalue weighted by atomic mass is 16.5. The minimum atomic E-state index is 0.495. The van der Waals surface area contributed by atoms with Crippen molar-refractivity contribution in [2.75, 3.05) is 13.1 Å². The minimum Gasteiger partial charge on any atom is -0.374 e. The Labute approximate surface area is 92.8 Å². The van der Waals surface area contributed by atoms with Gasteiger partial charge in [0.25, 0.3) is 0 Å². The zero-order valence-electron chi connectivity index (χ0n) is 9.80. The van der Waals surface area contributed by atoms with E-state index in [9.17, 15) is 0 Å². The largest absolute Gasteiger partial charge is 0.374 e. The van der Waals surface area contributed by atoms with E-state index >= 15 is 0 Å². The van der Waals surface area contributed by atoms with Crippen molar-refractivity contribution in [3.8, 4) is 0 Å². The summed E-state index contributed by atoms with van der Waals surface area (Å²) in [4.78, 5) is 0. The predicted molar refractivity (Wildman–Crippen MR) is 60.8 cm³/mol. The Hall–Kier alpha value is -0.0800. The van der Waals surface area contributed by atoms with Crippen LogP contribution in [0.1, 0.15) is 45.4 Å². The standard InChI is InChI=1S/C13H23NO/c1-10-2-5-12(15-10)8-14-9-13(6-7-13)11-3-4-11/h10-12,14H,2-9H2,1H3. The molecule has 2 aliphatic carbocycles. The summed E-state index contributed by atoms with van der Waals surface area (Å²) in [7, 11) is 0. The molecule has 2 saturated carbocycles. The lowest BCUT2D eigenvalue weighted by molar-refractivity contribution is 0.0551. The molecule has 2 unspecified atom stereocenters. The Morgan fingerprint density at radius 1 is 1.20 bits per heavy atom. The van der Waals surface area contributed by atoms with E-state index in [0.29, 0.717) is 12.2 Å². The molecule has 1 saturated heterocycles. The van der Waals surface area contributed by atoms with E-state index in [0.717, 1.165) is 17.9 Å². The monoisotopic (exact) mass is 209 g/mol. The molecule has 3 fully saturated rings. The van der Waals surface area contributed by atoms with Crippen molar-refractivity contribution in [3.05, 3.63) is 0 Å². The highest BCUT2D eigenvalue weighted by Gasteiger charge is 2.53. The Morgan fingerprint density at radius 3 is 2.53 bits per heavy atom. The lowest BCUT2D eigenvalue weighted by Crippen LogP contribution is -2.32. The highest BCUT2D eigenvalue weighted by molar-refractivity contribution is 5.05. The highest BCUT2D eigenvalue weighted by Crippen LogP contribution is 2.60. The molecule has 0 amide bonds. The van der Waals surface area contributed by atoms with Crippen molar-refractivity contribution in [2.45, 2.75) is 57.7 Å². The summed E-state index contributed by atoms with van der Waals surface area (Å²) in [5, 5.41) is 3.65. The molecule has 0 bridgehead atoms. The number of rotatable bonds is 5. The van der Waals surface area contributed by atoms with Crippen LogP contribution >= 0.6 is 0 Å². The summed E-state index contributed by atoms with van der Waals surface area (Å²) in [5.41, 5.74) is 0.740. The topological polar surface area (TPSA) is 21.3 Å². The van der Waals surface area contributed by atoms with Crippen molar-refractivity contribution in [2.24, 2.45) is 11.3 Å². The Bertz CT molecular complexity index is 233. The molecule has 0 spiro atoms. The number of hydrogen-bond donors (Lipinski definition) is 1. The van der Waals surface area contributed by atoms with E-state index in [1.54, 1.807) is 0 Å². The van der Waals surface area contributed by atoms with E-state index in [2.05, 4.69) is 12.2 Å². The van der Waals surface area contributed by atoms with Gasteiger partial charge in [0.05, 0.1) is 12.2 Å². The lowest BCUT2D eigenvalue weighted by atomic mass is 10.0. The maximum atomic E-state index is 5.81. The van der Waals surface area contributed by atoms with Gasteiger partial charge in [-0.25, -0.2) is 0 Å². The molecule has 86 valence electrons. The van der Waals surface area contributed by atoms with E-state index in [1.807, 2.05) is 0 Å². The van der Waals surface area contributed by atoms with Gasteiger partial charge in [0.2, 0.25) is 0 Å². The molecule has 0 aromatic heterocycles. The van der Waals surface area contributed by atoms with Crippen LogP contribution in [-0.2, 0) is 4.74 Å². The molecule has 3 aliphatic rings. The quantitative estimate of drug-likeness (QED) is 0.750. The predicted octanol–water partition coefficient (Wildman–Crippen LogP) is 2.33. The molecule has 2 atom stereocenters. The molecule has 0 radical (unpaired) electrons. The van der Waals surface area contributed by atoms with E-state index < -0.39 is 0 Å². The molecule has 1 N–H and O–H groups in total. The van der Waals surface area contributed by atoms with Crippen LogP contribution in [0.25, 0.3) is 0 Å². The van der Waals surface area contributed by atoms with Crippen LogP contribution in [0.5, 0.6) is 0 Å². The molecule has 2 heteroatoms. The van der Waals surface area contributed by atoms with E-state index in [-0.39, 0.29) is 0 Å². The maximum absolute atomic E-state index is 5.81. The summed E-state index contributed by atoms with van der Waals surface area (Å²) in [6.45, 7) is 4.53. The average molecular weight is 209 g/mol. The smallest absolute Gasteiger partial charge is 0.0704 e. The van der Waals surface area contributed by atoms with Gasteiger partial charge in [-0.05, 0) is 56.8 Å². The molecular weight excluding hydrogens is 186 g/mol. The number of ether oxygens (including phenoxy) is 1. The molecule has 0 aromatic carbocycles. The van der Waals surface area contributed by atoms with Crippen LogP contribution in [0, 0.1) is 11.3 Å². The van der Waals surface area contributed by atoms with Crippen LogP contribution < -0.4 is 5.32 Å². The minimum absolute atomic E-state index is 0.495. The molecule has 1 aliphatic heterocycles. The third kappa shape index (κ3) is 2.21. The van der Waals surface area contributed by atoms with Gasteiger partial charge in [0, 0.05) is 13.1 Å². The first-order valence-electron chi connectivity index (χ1n) is 6.65. The Balaban J connectivity index is 1.36. The van der Waals surface area contributed by atoms with Crippen LogP contribution in [0.15, 0.2) is 0 Å². The second-order valence-electron chi connectivity index (χ2n) is 5.91. The van der Waals surface area contributed by atoms with Gasteiger partial charge in [-0.3, -0.25) is 0 Å². The first-order chi connectivity index (χ1) is 7.28. The summed E-state index contributed by atoms with van der Waals surface area (Å²) in [6, 6.07) is 0. The Kier molecular flexibility index (Phi) is 2.52. The zero-order valence-corrected chi connectivity index (χ0v) is 9.80. The van der Waals surface area contributed by atoms with Crippen molar-refractivity contribution in [3.63, 3.8) is 0 Å². The molecule has 2 nitrogen and oxygen atoms in total. The average Bonchev–Trinajstić information content (AvgIpc) is 3.08. The Morgan fingerprint density at radius 2 is 2.00 bits per heavy atom. The summed E-state index contributed by atoms with van der Waals surface area (Å²) < 4.78 is 5.81. The van der Waals surface area contributed by atoms with Crippen molar-refractivity contribution in [1.29, 1.82) is 0 Å². The van der Waals surface area contributed by atoms with Gasteiger partial charge in [-0.1, -0.05) is 0 Å². The second kappa shape index (κ2) is 3.74. The van der Waals surface area contributed by atoms with Crippen LogP contribution in [-0.4, -0.2) is 25.3 Å². The lowest BCUT2D eigenvalue weighted by Gasteiger charge is -2.17. The van der Waals surface area contributed by atoms with Crippen molar-refractivity contribution in [1.82, 2.24) is 5.32 Å². The van der Waals surface area contributed by atoms with Crippen LogP contribution in [0.2, 0.25) is 0 Å². The first-order valence-corrected chi connectivity index (χ1v) is 6.65. The molecule has 3 rings (SSSR count). The second-order valence-corrected chi connectivity index (χ2v) is 5.91. The first kappa shape index (κ1) is 10.1. The fourth-order valence-electron chi connectivity index (χ4n) is 3.10. The zero-order chi connectivity index (χ0) is 10.3. The third-order valence-electron chi connectivity index (χ3n) is 4.50. The summed E-state index contributed by atoms with van der Waals surface area (Å²) in [6.07, 6.45) is 9.45. The number of hydrogen-bond acceptors (Lipinski definition) is 2. The summed E-state index contributed by atoms with van der Waals surface area (Å²) in [5.74, 6) is 1.08. The van der Waals surface area contributed by atoms with Gasteiger partial charge >= 0.3 is 0 Å². The summed E-state index contributed by atoms with van der Waals surface area (Å²) >= 11 is 0. The normalized spacial score (nSPS) is 38.2. The molecular formula is C13H23NO. The molecule has 1 heterocycles. The maximum Gasteiger partial charge on any atom is 0.0704 e. The van der Waals surface area contributed by atoms with Crippen molar-refractivity contribution >= 4 is 0 Å². The van der Waals surface area contributed by atoms with Gasteiger partial charge in [-0.15, -0.1) is 0 Å². The van der Waals surface area contributed by atoms with Gasteiger partial charge in [0.15, 0.2) is 0 Å². The van der Waals surface area contributed by atoms with Crippen LogP contribution in [0.3, 0.4) is 0 Å². The van der Waals surface area contributed by atoms with E-state index in [1.165, 1.54) is 45.1 Å². The number of nitrogens with one attached hydrogen (secondary N) is 1. The van der Waals surface area contributed by atoms with E-state index in [4.69, 9.17) is 4.74 Å². The fourth-order valence-corrected chi connectivity index (χ4v) is 3.10. The molecule has 15 heavy (non-hydrogen) atoms. The fraction of sp³-hybridized carbons (Fsp3) is 1.00. The SMILES string of the molecule is CC1CCC(CNCC2(C3CC3)CC2)O1. The van der Waals surface area contributed by atoms with Crippen LogP contribution in [0.4, 0.5) is 0 Å². The van der Waals surface area contributed by atoms with Gasteiger partial charge in [-0.2, -0.15) is 0 Å². The third-order valence-corrected chi connectivity index (χ3v) is 4.50. The molecule has 0 aromatic rings. The van der Waals surface area contributed by atoms with Gasteiger partial charge in [0.1, 0.15) is 0 Å².